The first kappa shape index (κ1) is 12.8. The van der Waals surface area contributed by atoms with Crippen LogP contribution in [0.15, 0.2) is 18.5 Å². The van der Waals surface area contributed by atoms with Gasteiger partial charge in [0.15, 0.2) is 0 Å². The van der Waals surface area contributed by atoms with Crippen LogP contribution in [-0.2, 0) is 4.74 Å². The molecule has 0 aromatic carbocycles. The molecular formula is C12H17N7O. The molecule has 0 saturated carbocycles. The van der Waals surface area contributed by atoms with Gasteiger partial charge in [-0.2, -0.15) is 20.1 Å². The maximum absolute atomic E-state index is 5.78. The van der Waals surface area contributed by atoms with Crippen LogP contribution in [0.25, 0.3) is 5.95 Å². The highest BCUT2D eigenvalue weighted by Gasteiger charge is 2.29. The third-order valence-corrected chi connectivity index (χ3v) is 3.49. The Hall–Kier alpha value is -2.22. The minimum Gasteiger partial charge on any atom is -0.376 e. The fourth-order valence-corrected chi connectivity index (χ4v) is 2.39. The molecule has 1 aliphatic rings. The Morgan fingerprint density at radius 2 is 2.25 bits per heavy atom. The predicted molar refractivity (Wildman–Crippen MR) is 73.6 cm³/mol. The molecule has 2 unspecified atom stereocenters. The number of nitrogen functional groups attached to an aromatic ring is 1. The predicted octanol–water partition coefficient (Wildman–Crippen LogP) is 0.253. The molecule has 20 heavy (non-hydrogen) atoms. The summed E-state index contributed by atoms with van der Waals surface area (Å²) in [5.41, 5.74) is 5.78. The molecule has 3 rings (SSSR count). The quantitative estimate of drug-likeness (QED) is 0.858. The van der Waals surface area contributed by atoms with Gasteiger partial charge in [0.05, 0.1) is 12.1 Å². The topological polar surface area (TPSA) is 95.0 Å². The largest absolute Gasteiger partial charge is 0.376 e. The molecule has 1 fully saturated rings. The molecule has 8 nitrogen and oxygen atoms in total. The third kappa shape index (κ3) is 2.29. The normalized spacial score (nSPS) is 22.1. The lowest BCUT2D eigenvalue weighted by molar-refractivity contribution is 0.118. The Kier molecular flexibility index (Phi) is 3.23. The van der Waals surface area contributed by atoms with Gasteiger partial charge in [0, 0.05) is 26.0 Å². The minimum atomic E-state index is 0.145. The fourth-order valence-electron chi connectivity index (χ4n) is 2.39. The van der Waals surface area contributed by atoms with Crippen LogP contribution < -0.4 is 10.6 Å². The van der Waals surface area contributed by atoms with Crippen molar-refractivity contribution in [3.63, 3.8) is 0 Å². The van der Waals surface area contributed by atoms with Gasteiger partial charge >= 0.3 is 0 Å². The van der Waals surface area contributed by atoms with Crippen molar-refractivity contribution in [1.29, 1.82) is 0 Å². The number of likely N-dealkylation sites (N-methyl/N-ethyl adjacent to an activating group) is 1. The summed E-state index contributed by atoms with van der Waals surface area (Å²) in [5.74, 6) is 1.13. The SMILES string of the molecule is CC1OCCC1N(C)c1nc(N)nc(-n2cccn2)n1. The van der Waals surface area contributed by atoms with Crippen LogP contribution in [0.1, 0.15) is 13.3 Å². The monoisotopic (exact) mass is 275 g/mol. The van der Waals surface area contributed by atoms with E-state index in [4.69, 9.17) is 10.5 Å². The Labute approximate surface area is 116 Å². The number of hydrogen-bond donors (Lipinski definition) is 1. The van der Waals surface area contributed by atoms with Crippen LogP contribution in [-0.4, -0.2) is 50.5 Å². The van der Waals surface area contributed by atoms with Crippen molar-refractivity contribution in [3.05, 3.63) is 18.5 Å². The number of hydrogen-bond acceptors (Lipinski definition) is 7. The Bertz CT molecular complexity index is 585. The minimum absolute atomic E-state index is 0.145. The van der Waals surface area contributed by atoms with Gasteiger partial charge in [-0.25, -0.2) is 4.68 Å². The molecule has 3 heterocycles. The highest BCUT2D eigenvalue weighted by atomic mass is 16.5. The van der Waals surface area contributed by atoms with E-state index < -0.39 is 0 Å². The first-order valence-electron chi connectivity index (χ1n) is 6.51. The molecule has 2 aromatic heterocycles. The van der Waals surface area contributed by atoms with Crippen molar-refractivity contribution in [2.45, 2.75) is 25.5 Å². The van der Waals surface area contributed by atoms with E-state index in [1.165, 1.54) is 0 Å². The summed E-state index contributed by atoms with van der Waals surface area (Å²) in [5, 5.41) is 4.11. The maximum atomic E-state index is 5.78. The van der Waals surface area contributed by atoms with Gasteiger partial charge in [-0.3, -0.25) is 0 Å². The molecule has 0 radical (unpaired) electrons. The number of anilines is 2. The number of rotatable bonds is 3. The molecule has 0 amide bonds. The molecule has 1 saturated heterocycles. The van der Waals surface area contributed by atoms with Crippen LogP contribution in [0.4, 0.5) is 11.9 Å². The van der Waals surface area contributed by atoms with Crippen molar-refractivity contribution in [3.8, 4) is 5.95 Å². The van der Waals surface area contributed by atoms with E-state index in [1.54, 1.807) is 23.1 Å². The smallest absolute Gasteiger partial charge is 0.257 e. The third-order valence-electron chi connectivity index (χ3n) is 3.49. The number of ether oxygens (including phenoxy) is 1. The van der Waals surface area contributed by atoms with E-state index in [0.717, 1.165) is 13.0 Å². The zero-order valence-electron chi connectivity index (χ0n) is 11.5. The second kappa shape index (κ2) is 5.04. The Morgan fingerprint density at radius 1 is 1.40 bits per heavy atom. The van der Waals surface area contributed by atoms with Gasteiger partial charge in [0.1, 0.15) is 0 Å². The number of nitrogens with two attached hydrogens (primary N) is 1. The van der Waals surface area contributed by atoms with Crippen molar-refractivity contribution >= 4 is 11.9 Å². The summed E-state index contributed by atoms with van der Waals surface area (Å²) in [4.78, 5) is 14.7. The summed E-state index contributed by atoms with van der Waals surface area (Å²) in [6.45, 7) is 2.80. The molecule has 2 N–H and O–H groups in total. The lowest BCUT2D eigenvalue weighted by Gasteiger charge is -2.26. The maximum Gasteiger partial charge on any atom is 0.257 e. The van der Waals surface area contributed by atoms with Crippen LogP contribution in [0, 0.1) is 0 Å². The molecule has 2 aromatic rings. The fraction of sp³-hybridized carbons (Fsp3) is 0.500. The number of aromatic nitrogens is 5. The van der Waals surface area contributed by atoms with Gasteiger partial charge in [-0.05, 0) is 19.4 Å². The van der Waals surface area contributed by atoms with Gasteiger partial charge in [0.2, 0.25) is 11.9 Å². The lowest BCUT2D eigenvalue weighted by atomic mass is 10.1. The summed E-state index contributed by atoms with van der Waals surface area (Å²) in [7, 11) is 1.94. The summed E-state index contributed by atoms with van der Waals surface area (Å²) in [6, 6.07) is 2.04. The van der Waals surface area contributed by atoms with E-state index in [2.05, 4.69) is 20.1 Å². The summed E-state index contributed by atoms with van der Waals surface area (Å²) >= 11 is 0. The average molecular weight is 275 g/mol. The molecule has 0 bridgehead atoms. The van der Waals surface area contributed by atoms with Gasteiger partial charge in [0.25, 0.3) is 5.95 Å². The van der Waals surface area contributed by atoms with Crippen molar-refractivity contribution in [2.75, 3.05) is 24.3 Å². The molecule has 0 spiro atoms. The second-order valence-corrected chi connectivity index (χ2v) is 4.79. The first-order chi connectivity index (χ1) is 9.65. The summed E-state index contributed by atoms with van der Waals surface area (Å²) < 4.78 is 7.14. The molecule has 1 aliphatic heterocycles. The molecule has 106 valence electrons. The molecule has 0 aliphatic carbocycles. The van der Waals surface area contributed by atoms with E-state index in [1.807, 2.05) is 18.9 Å². The summed E-state index contributed by atoms with van der Waals surface area (Å²) in [6.07, 6.45) is 4.52. The highest BCUT2D eigenvalue weighted by molar-refractivity contribution is 5.38. The average Bonchev–Trinajstić information content (AvgIpc) is 3.08. The van der Waals surface area contributed by atoms with Crippen molar-refractivity contribution < 1.29 is 4.74 Å². The standard InChI is InChI=1S/C12H17N7O/c1-8-9(4-7-20-8)18(2)11-15-10(13)16-12(17-11)19-6-3-5-14-19/h3,5-6,8-9H,4,7H2,1-2H3,(H2,13,15,16,17). The zero-order valence-corrected chi connectivity index (χ0v) is 11.5. The van der Waals surface area contributed by atoms with Crippen LogP contribution in [0.5, 0.6) is 0 Å². The highest BCUT2D eigenvalue weighted by Crippen LogP contribution is 2.22. The lowest BCUT2D eigenvalue weighted by Crippen LogP contribution is -2.38. The van der Waals surface area contributed by atoms with E-state index >= 15 is 0 Å². The van der Waals surface area contributed by atoms with Gasteiger partial charge in [-0.1, -0.05) is 0 Å². The molecular weight excluding hydrogens is 258 g/mol. The number of nitrogens with zero attached hydrogens (tertiary/aromatic N) is 6. The zero-order chi connectivity index (χ0) is 14.1. The van der Waals surface area contributed by atoms with Crippen molar-refractivity contribution in [2.24, 2.45) is 0 Å². The second-order valence-electron chi connectivity index (χ2n) is 4.79. The Balaban J connectivity index is 1.93. The van der Waals surface area contributed by atoms with E-state index in [-0.39, 0.29) is 18.1 Å². The van der Waals surface area contributed by atoms with Crippen LogP contribution in [0.3, 0.4) is 0 Å². The van der Waals surface area contributed by atoms with Gasteiger partial charge < -0.3 is 15.4 Å². The molecule has 8 heteroatoms. The Morgan fingerprint density at radius 3 is 2.90 bits per heavy atom. The van der Waals surface area contributed by atoms with Crippen molar-refractivity contribution in [1.82, 2.24) is 24.7 Å². The van der Waals surface area contributed by atoms with Gasteiger partial charge in [-0.15, -0.1) is 0 Å². The van der Waals surface area contributed by atoms with E-state index in [9.17, 15) is 0 Å². The van der Waals surface area contributed by atoms with E-state index in [0.29, 0.717) is 11.9 Å². The van der Waals surface area contributed by atoms with Crippen LogP contribution in [0.2, 0.25) is 0 Å². The molecule has 2 atom stereocenters. The van der Waals surface area contributed by atoms with Crippen LogP contribution >= 0.6 is 0 Å². The first-order valence-corrected chi connectivity index (χ1v) is 6.51.